The van der Waals surface area contributed by atoms with Crippen LogP contribution in [-0.2, 0) is 4.74 Å². The number of methoxy groups -OCH3 is 1. The topological polar surface area (TPSA) is 35.2 Å². The van der Waals surface area contributed by atoms with Gasteiger partial charge in [-0.2, -0.15) is 0 Å². The molecule has 0 aromatic rings. The highest BCUT2D eigenvalue weighted by atomic mass is 16.5. The molecule has 0 saturated carbocycles. The Morgan fingerprint density at radius 3 is 2.78 bits per heavy atom. The zero-order chi connectivity index (χ0) is 7.11. The second kappa shape index (κ2) is 5.79. The van der Waals surface area contributed by atoms with Gasteiger partial charge in [0.2, 0.25) is 0 Å². The minimum absolute atomic E-state index is 0.634. The zero-order valence-corrected chi connectivity index (χ0v) is 6.18. The van der Waals surface area contributed by atoms with E-state index in [1.54, 1.807) is 7.11 Å². The predicted molar refractivity (Wildman–Crippen MR) is 39.3 cm³/mol. The van der Waals surface area contributed by atoms with Crippen molar-refractivity contribution in [1.82, 2.24) is 0 Å². The Morgan fingerprint density at radius 2 is 2.33 bits per heavy atom. The van der Waals surface area contributed by atoms with Gasteiger partial charge in [0.15, 0.2) is 0 Å². The van der Waals surface area contributed by atoms with E-state index in [0.29, 0.717) is 6.54 Å². The van der Waals surface area contributed by atoms with Gasteiger partial charge in [-0.05, 0) is 13.3 Å². The third kappa shape index (κ3) is 5.53. The molecule has 2 nitrogen and oxygen atoms in total. The van der Waals surface area contributed by atoms with E-state index in [-0.39, 0.29) is 0 Å². The van der Waals surface area contributed by atoms with Crippen molar-refractivity contribution in [2.24, 2.45) is 5.73 Å². The number of hydrogen-bond donors (Lipinski definition) is 1. The second-order valence-electron chi connectivity index (χ2n) is 2.03. The molecule has 0 saturated heterocycles. The lowest BCUT2D eigenvalue weighted by Crippen LogP contribution is -1.96. The fourth-order valence-electron chi connectivity index (χ4n) is 0.566. The molecule has 0 rings (SSSR count). The molecule has 0 spiro atoms. The summed E-state index contributed by atoms with van der Waals surface area (Å²) in [6.07, 6.45) is 3.01. The molecule has 0 amide bonds. The summed E-state index contributed by atoms with van der Waals surface area (Å²) in [5, 5.41) is 0. The summed E-state index contributed by atoms with van der Waals surface area (Å²) < 4.78 is 4.88. The molecule has 0 aromatic heterocycles. The summed E-state index contributed by atoms with van der Waals surface area (Å²) in [6, 6.07) is 0. The molecule has 54 valence electrons. The van der Waals surface area contributed by atoms with E-state index in [9.17, 15) is 0 Å². The highest BCUT2D eigenvalue weighted by Crippen LogP contribution is 1.97. The molecule has 0 heterocycles. The lowest BCUT2D eigenvalue weighted by atomic mass is 10.2. The van der Waals surface area contributed by atoms with Crippen LogP contribution in [0.1, 0.15) is 13.3 Å². The molecule has 0 unspecified atom stereocenters. The molecule has 2 N–H and O–H groups in total. The molecule has 0 fully saturated rings. The first-order chi connectivity index (χ1) is 4.31. The van der Waals surface area contributed by atoms with Gasteiger partial charge in [0, 0.05) is 20.3 Å². The van der Waals surface area contributed by atoms with Crippen LogP contribution in [0.3, 0.4) is 0 Å². The second-order valence-corrected chi connectivity index (χ2v) is 2.03. The van der Waals surface area contributed by atoms with Gasteiger partial charge in [0.25, 0.3) is 0 Å². The Labute approximate surface area is 56.7 Å². The van der Waals surface area contributed by atoms with E-state index in [4.69, 9.17) is 10.5 Å². The van der Waals surface area contributed by atoms with Crippen molar-refractivity contribution in [1.29, 1.82) is 0 Å². The minimum Gasteiger partial charge on any atom is -0.384 e. The van der Waals surface area contributed by atoms with Crippen LogP contribution in [0.2, 0.25) is 0 Å². The molecule has 0 bridgehead atoms. The average Bonchev–Trinajstić information content (AvgIpc) is 1.85. The fraction of sp³-hybridized carbons (Fsp3) is 0.714. The van der Waals surface area contributed by atoms with Crippen molar-refractivity contribution in [3.8, 4) is 0 Å². The van der Waals surface area contributed by atoms with E-state index in [0.717, 1.165) is 13.0 Å². The third-order valence-electron chi connectivity index (χ3n) is 1.17. The summed E-state index contributed by atoms with van der Waals surface area (Å²) in [5.41, 5.74) is 6.59. The molecule has 0 radical (unpaired) electrons. The molecular weight excluding hydrogens is 114 g/mol. The number of rotatable bonds is 4. The number of hydrogen-bond acceptors (Lipinski definition) is 2. The summed E-state index contributed by atoms with van der Waals surface area (Å²) in [4.78, 5) is 0. The van der Waals surface area contributed by atoms with Gasteiger partial charge in [-0.15, -0.1) is 0 Å². The van der Waals surface area contributed by atoms with E-state index < -0.39 is 0 Å². The highest BCUT2D eigenvalue weighted by molar-refractivity contribution is 4.98. The van der Waals surface area contributed by atoms with Crippen LogP contribution in [0.4, 0.5) is 0 Å². The Morgan fingerprint density at radius 1 is 1.67 bits per heavy atom. The van der Waals surface area contributed by atoms with Crippen LogP contribution in [0.25, 0.3) is 0 Å². The largest absolute Gasteiger partial charge is 0.384 e. The van der Waals surface area contributed by atoms with E-state index in [2.05, 4.69) is 6.92 Å². The average molecular weight is 129 g/mol. The van der Waals surface area contributed by atoms with Gasteiger partial charge >= 0.3 is 0 Å². The van der Waals surface area contributed by atoms with Gasteiger partial charge in [0.05, 0.1) is 0 Å². The van der Waals surface area contributed by atoms with Crippen molar-refractivity contribution in [2.75, 3.05) is 20.3 Å². The first-order valence-electron chi connectivity index (χ1n) is 3.16. The molecule has 0 atom stereocenters. The molecule has 0 aliphatic heterocycles. The van der Waals surface area contributed by atoms with Gasteiger partial charge < -0.3 is 10.5 Å². The monoisotopic (exact) mass is 129 g/mol. The maximum atomic E-state index is 5.28. The SMILES string of the molecule is COCC/C(C)=C/CN. The Kier molecular flexibility index (Phi) is 5.57. The lowest BCUT2D eigenvalue weighted by Gasteiger charge is -1.97. The van der Waals surface area contributed by atoms with Gasteiger partial charge in [-0.25, -0.2) is 0 Å². The maximum Gasteiger partial charge on any atom is 0.0499 e. The van der Waals surface area contributed by atoms with Gasteiger partial charge in [0.1, 0.15) is 0 Å². The molecule has 9 heavy (non-hydrogen) atoms. The number of nitrogens with two attached hydrogens (primary N) is 1. The molecule has 0 aliphatic carbocycles. The standard InChI is InChI=1S/C7H15NO/c1-7(3-5-8)4-6-9-2/h3H,4-6,8H2,1-2H3/b7-3+. The fourth-order valence-corrected chi connectivity index (χ4v) is 0.566. The van der Waals surface area contributed by atoms with Crippen LogP contribution < -0.4 is 5.73 Å². The quantitative estimate of drug-likeness (QED) is 0.573. The van der Waals surface area contributed by atoms with Crippen LogP contribution in [0.15, 0.2) is 11.6 Å². The van der Waals surface area contributed by atoms with Crippen molar-refractivity contribution >= 4 is 0 Å². The van der Waals surface area contributed by atoms with Crippen LogP contribution in [0.5, 0.6) is 0 Å². The van der Waals surface area contributed by atoms with Crippen LogP contribution in [-0.4, -0.2) is 20.3 Å². The van der Waals surface area contributed by atoms with Gasteiger partial charge in [-0.3, -0.25) is 0 Å². The van der Waals surface area contributed by atoms with E-state index >= 15 is 0 Å². The van der Waals surface area contributed by atoms with Crippen molar-refractivity contribution < 1.29 is 4.74 Å². The van der Waals surface area contributed by atoms with E-state index in [1.807, 2.05) is 6.08 Å². The molecule has 0 aromatic carbocycles. The van der Waals surface area contributed by atoms with Crippen molar-refractivity contribution in [3.05, 3.63) is 11.6 Å². The van der Waals surface area contributed by atoms with Crippen LogP contribution >= 0.6 is 0 Å². The first-order valence-corrected chi connectivity index (χ1v) is 3.16. The smallest absolute Gasteiger partial charge is 0.0499 e. The Hall–Kier alpha value is -0.340. The summed E-state index contributed by atoms with van der Waals surface area (Å²) in [6.45, 7) is 3.49. The van der Waals surface area contributed by atoms with Gasteiger partial charge in [-0.1, -0.05) is 11.6 Å². The Balaban J connectivity index is 3.25. The first kappa shape index (κ1) is 8.66. The third-order valence-corrected chi connectivity index (χ3v) is 1.17. The summed E-state index contributed by atoms with van der Waals surface area (Å²) >= 11 is 0. The van der Waals surface area contributed by atoms with E-state index in [1.165, 1.54) is 5.57 Å². The highest BCUT2D eigenvalue weighted by Gasteiger charge is 1.85. The normalized spacial score (nSPS) is 12.1. The maximum absolute atomic E-state index is 5.28. The van der Waals surface area contributed by atoms with Crippen molar-refractivity contribution in [3.63, 3.8) is 0 Å². The molecule has 2 heteroatoms. The predicted octanol–water partition coefficient (Wildman–Crippen LogP) is 0.928. The zero-order valence-electron chi connectivity index (χ0n) is 6.18. The van der Waals surface area contributed by atoms with Crippen molar-refractivity contribution in [2.45, 2.75) is 13.3 Å². The summed E-state index contributed by atoms with van der Waals surface area (Å²) in [7, 11) is 1.70. The number of ether oxygens (including phenoxy) is 1. The minimum atomic E-state index is 0.634. The van der Waals surface area contributed by atoms with Crippen LogP contribution in [0, 0.1) is 0 Å². The Bertz CT molecular complexity index is 88.9. The summed E-state index contributed by atoms with van der Waals surface area (Å²) in [5.74, 6) is 0. The lowest BCUT2D eigenvalue weighted by molar-refractivity contribution is 0.202. The molecular formula is C7H15NO. The molecule has 0 aliphatic rings.